The van der Waals surface area contributed by atoms with Crippen LogP contribution in [-0.2, 0) is 5.41 Å². The molecule has 8 nitrogen and oxygen atoms in total. The van der Waals surface area contributed by atoms with Gasteiger partial charge in [0.15, 0.2) is 5.82 Å². The van der Waals surface area contributed by atoms with Crippen molar-refractivity contribution in [3.63, 3.8) is 0 Å². The Morgan fingerprint density at radius 3 is 2.85 bits per heavy atom. The van der Waals surface area contributed by atoms with E-state index in [1.165, 1.54) is 0 Å². The summed E-state index contributed by atoms with van der Waals surface area (Å²) in [5.41, 5.74) is 1.92. The van der Waals surface area contributed by atoms with E-state index in [1.807, 2.05) is 18.3 Å². The summed E-state index contributed by atoms with van der Waals surface area (Å²) in [6, 6.07) is 4.37. The number of anilines is 3. The average molecular weight is 354 g/mol. The van der Waals surface area contributed by atoms with Crippen LogP contribution in [0.3, 0.4) is 0 Å². The third-order valence-corrected chi connectivity index (χ3v) is 4.79. The van der Waals surface area contributed by atoms with Gasteiger partial charge in [-0.25, -0.2) is 0 Å². The van der Waals surface area contributed by atoms with Crippen LogP contribution in [0.1, 0.15) is 33.4 Å². The first-order valence-electron chi connectivity index (χ1n) is 9.07. The molecule has 26 heavy (non-hydrogen) atoms. The van der Waals surface area contributed by atoms with Crippen LogP contribution in [0.5, 0.6) is 0 Å². The smallest absolute Gasteiger partial charge is 0.229 e. The van der Waals surface area contributed by atoms with Gasteiger partial charge in [-0.05, 0) is 13.0 Å². The molecule has 4 N–H and O–H groups in total. The third-order valence-electron chi connectivity index (χ3n) is 4.79. The summed E-state index contributed by atoms with van der Waals surface area (Å²) in [6.45, 7) is 11.4. The molecule has 3 aromatic rings. The number of aromatic amines is 2. The zero-order valence-electron chi connectivity index (χ0n) is 15.7. The molecule has 1 saturated heterocycles. The molecule has 0 amide bonds. The van der Waals surface area contributed by atoms with Crippen molar-refractivity contribution in [3.05, 3.63) is 24.0 Å². The van der Waals surface area contributed by atoms with Gasteiger partial charge in [-0.2, -0.15) is 15.1 Å². The third kappa shape index (κ3) is 3.12. The molecule has 0 radical (unpaired) electrons. The van der Waals surface area contributed by atoms with E-state index in [9.17, 15) is 0 Å². The highest BCUT2D eigenvalue weighted by molar-refractivity contribution is 5.89. The normalized spacial score (nSPS) is 18.5. The predicted molar refractivity (Wildman–Crippen MR) is 104 cm³/mol. The fraction of sp³-hybridized carbons (Fsp3) is 0.500. The maximum atomic E-state index is 4.82. The predicted octanol–water partition coefficient (Wildman–Crippen LogP) is 2.52. The van der Waals surface area contributed by atoms with Crippen LogP contribution in [0.15, 0.2) is 18.3 Å². The second kappa shape index (κ2) is 6.28. The average Bonchev–Trinajstić information content (AvgIpc) is 3.24. The minimum absolute atomic E-state index is 0.0173. The Labute approximate surface area is 152 Å². The largest absolute Gasteiger partial charge is 0.346 e. The van der Waals surface area contributed by atoms with Crippen molar-refractivity contribution >= 4 is 28.6 Å². The molecule has 1 atom stereocenters. The lowest BCUT2D eigenvalue weighted by Crippen LogP contribution is -2.50. The lowest BCUT2D eigenvalue weighted by atomic mass is 9.92. The maximum absolute atomic E-state index is 4.82. The molecule has 1 unspecified atom stereocenters. The summed E-state index contributed by atoms with van der Waals surface area (Å²) < 4.78 is 0. The minimum atomic E-state index is 0.0173. The van der Waals surface area contributed by atoms with Crippen molar-refractivity contribution in [2.24, 2.45) is 0 Å². The highest BCUT2D eigenvalue weighted by atomic mass is 15.3. The standard InChI is InChI=1S/C18H26N8/c1-11-10-19-7-8-26(11)17-22-15-12(5-6-20-15)16(23-17)21-14-9-13(24-25-14)18(2,3)4/h5-6,9,11,19H,7-8,10H2,1-4H3,(H3,20,21,22,23,24,25). The molecular weight excluding hydrogens is 328 g/mol. The Kier molecular flexibility index (Phi) is 4.07. The van der Waals surface area contributed by atoms with Gasteiger partial charge in [0, 0.05) is 49.0 Å². The molecule has 1 aliphatic rings. The van der Waals surface area contributed by atoms with Gasteiger partial charge in [0.25, 0.3) is 0 Å². The fourth-order valence-corrected chi connectivity index (χ4v) is 3.18. The van der Waals surface area contributed by atoms with E-state index in [2.05, 4.69) is 58.4 Å². The van der Waals surface area contributed by atoms with E-state index in [4.69, 9.17) is 9.97 Å². The number of rotatable bonds is 3. The molecule has 138 valence electrons. The van der Waals surface area contributed by atoms with Crippen molar-refractivity contribution < 1.29 is 0 Å². The summed E-state index contributed by atoms with van der Waals surface area (Å²) in [6.07, 6.45) is 1.89. The zero-order valence-corrected chi connectivity index (χ0v) is 15.7. The number of fused-ring (bicyclic) bond motifs is 1. The first-order valence-corrected chi connectivity index (χ1v) is 9.07. The van der Waals surface area contributed by atoms with Gasteiger partial charge in [-0.1, -0.05) is 20.8 Å². The monoisotopic (exact) mass is 354 g/mol. The molecule has 0 spiro atoms. The lowest BCUT2D eigenvalue weighted by Gasteiger charge is -2.34. The number of piperazine rings is 1. The van der Waals surface area contributed by atoms with E-state index >= 15 is 0 Å². The topological polar surface area (TPSA) is 97.5 Å². The quantitative estimate of drug-likeness (QED) is 0.577. The van der Waals surface area contributed by atoms with Gasteiger partial charge in [0.05, 0.1) is 5.39 Å². The van der Waals surface area contributed by atoms with Crippen LogP contribution in [0.25, 0.3) is 11.0 Å². The molecular formula is C18H26N8. The summed E-state index contributed by atoms with van der Waals surface area (Å²) in [4.78, 5) is 15.0. The van der Waals surface area contributed by atoms with Crippen LogP contribution in [-0.4, -0.2) is 50.8 Å². The van der Waals surface area contributed by atoms with Gasteiger partial charge in [-0.15, -0.1) is 0 Å². The van der Waals surface area contributed by atoms with Crippen molar-refractivity contribution in [2.45, 2.75) is 39.2 Å². The Balaban J connectivity index is 1.70. The maximum Gasteiger partial charge on any atom is 0.229 e. The van der Waals surface area contributed by atoms with Gasteiger partial charge in [0.1, 0.15) is 11.5 Å². The summed E-state index contributed by atoms with van der Waals surface area (Å²) in [5, 5.41) is 15.2. The number of hydrogen-bond acceptors (Lipinski definition) is 6. The Hall–Kier alpha value is -2.61. The van der Waals surface area contributed by atoms with Crippen molar-refractivity contribution in [1.82, 2.24) is 30.5 Å². The molecule has 0 aromatic carbocycles. The van der Waals surface area contributed by atoms with Crippen molar-refractivity contribution in [1.29, 1.82) is 0 Å². The molecule has 0 saturated carbocycles. The highest BCUT2D eigenvalue weighted by Gasteiger charge is 2.23. The van der Waals surface area contributed by atoms with E-state index in [-0.39, 0.29) is 5.41 Å². The lowest BCUT2D eigenvalue weighted by molar-refractivity contribution is 0.493. The SMILES string of the molecule is CC1CNCCN1c1nc(Nc2cc(C(C)(C)C)[nH]n2)c2cc[nH]c2n1. The van der Waals surface area contributed by atoms with Crippen LogP contribution < -0.4 is 15.5 Å². The molecule has 1 aliphatic heterocycles. The number of H-pyrrole nitrogens is 2. The van der Waals surface area contributed by atoms with Crippen LogP contribution in [0.4, 0.5) is 17.6 Å². The Morgan fingerprint density at radius 2 is 2.12 bits per heavy atom. The van der Waals surface area contributed by atoms with Crippen LogP contribution >= 0.6 is 0 Å². The van der Waals surface area contributed by atoms with Gasteiger partial charge < -0.3 is 20.5 Å². The van der Waals surface area contributed by atoms with E-state index in [1.54, 1.807) is 0 Å². The van der Waals surface area contributed by atoms with Crippen molar-refractivity contribution in [3.8, 4) is 0 Å². The summed E-state index contributed by atoms with van der Waals surface area (Å²) in [5.74, 6) is 2.27. The van der Waals surface area contributed by atoms with Crippen LogP contribution in [0.2, 0.25) is 0 Å². The van der Waals surface area contributed by atoms with E-state index in [0.29, 0.717) is 6.04 Å². The molecule has 0 bridgehead atoms. The number of nitrogens with zero attached hydrogens (tertiary/aromatic N) is 4. The molecule has 1 fully saturated rings. The van der Waals surface area contributed by atoms with E-state index in [0.717, 1.165) is 53.9 Å². The molecule has 8 heteroatoms. The molecule has 0 aliphatic carbocycles. The number of hydrogen-bond donors (Lipinski definition) is 4. The van der Waals surface area contributed by atoms with Gasteiger partial charge in [-0.3, -0.25) is 5.10 Å². The van der Waals surface area contributed by atoms with Gasteiger partial charge >= 0.3 is 0 Å². The molecule has 4 rings (SSSR count). The molecule has 4 heterocycles. The fourth-order valence-electron chi connectivity index (χ4n) is 3.18. The Bertz CT molecular complexity index is 903. The zero-order chi connectivity index (χ0) is 18.3. The highest BCUT2D eigenvalue weighted by Crippen LogP contribution is 2.28. The number of aromatic nitrogens is 5. The molecule has 3 aromatic heterocycles. The van der Waals surface area contributed by atoms with Crippen LogP contribution in [0, 0.1) is 0 Å². The van der Waals surface area contributed by atoms with Crippen molar-refractivity contribution in [2.75, 3.05) is 29.9 Å². The second-order valence-corrected chi connectivity index (χ2v) is 7.90. The van der Waals surface area contributed by atoms with E-state index < -0.39 is 0 Å². The first-order chi connectivity index (χ1) is 12.4. The Morgan fingerprint density at radius 1 is 1.27 bits per heavy atom. The minimum Gasteiger partial charge on any atom is -0.346 e. The van der Waals surface area contributed by atoms with Gasteiger partial charge in [0.2, 0.25) is 5.95 Å². The summed E-state index contributed by atoms with van der Waals surface area (Å²) in [7, 11) is 0. The first kappa shape index (κ1) is 16.8. The summed E-state index contributed by atoms with van der Waals surface area (Å²) >= 11 is 0. The number of nitrogens with one attached hydrogen (secondary N) is 4. The second-order valence-electron chi connectivity index (χ2n) is 7.90.